The molecule has 0 saturated heterocycles. The van der Waals surface area contributed by atoms with Crippen LogP contribution in [0.5, 0.6) is 5.75 Å². The third kappa shape index (κ3) is 4.83. The molecular formula is C17H12Br2Cl2O2. The van der Waals surface area contributed by atoms with Gasteiger partial charge in [0, 0.05) is 14.8 Å². The van der Waals surface area contributed by atoms with Gasteiger partial charge in [0.2, 0.25) is 0 Å². The van der Waals surface area contributed by atoms with Crippen LogP contribution in [0.15, 0.2) is 34.8 Å². The Morgan fingerprint density at radius 1 is 1.09 bits per heavy atom. The summed E-state index contributed by atoms with van der Waals surface area (Å²) in [5, 5.41) is 1.77. The molecular weight excluding hydrogens is 467 g/mol. The molecule has 0 saturated carbocycles. The van der Waals surface area contributed by atoms with Gasteiger partial charge in [-0.1, -0.05) is 63.4 Å². The summed E-state index contributed by atoms with van der Waals surface area (Å²) in [7, 11) is 0. The molecule has 0 spiro atoms. The zero-order chi connectivity index (χ0) is 16.8. The number of ether oxygens (including phenoxy) is 1. The van der Waals surface area contributed by atoms with Crippen LogP contribution in [0.25, 0.3) is 12.2 Å². The van der Waals surface area contributed by atoms with Crippen LogP contribution in [0, 0.1) is 0 Å². The molecule has 0 fully saturated rings. The fourth-order valence-corrected chi connectivity index (χ4v) is 2.87. The number of alkyl halides is 1. The minimum Gasteiger partial charge on any atom is -0.492 e. The molecule has 0 unspecified atom stereocenters. The van der Waals surface area contributed by atoms with Crippen LogP contribution in [0.2, 0.25) is 10.0 Å². The van der Waals surface area contributed by atoms with Gasteiger partial charge in [-0.2, -0.15) is 0 Å². The largest absolute Gasteiger partial charge is 0.492 e. The molecule has 23 heavy (non-hydrogen) atoms. The van der Waals surface area contributed by atoms with Crippen LogP contribution < -0.4 is 4.74 Å². The molecule has 6 heteroatoms. The van der Waals surface area contributed by atoms with Gasteiger partial charge in [-0.15, -0.1) is 0 Å². The SMILES string of the molecule is O=Cc1cc(Cl)c(/C=C/c2cccc(Br)c2Cl)cc1OCCBr. The van der Waals surface area contributed by atoms with E-state index in [1.807, 2.05) is 30.4 Å². The Kier molecular flexibility index (Phi) is 7.15. The summed E-state index contributed by atoms with van der Waals surface area (Å²) in [6, 6.07) is 9.02. The van der Waals surface area contributed by atoms with Gasteiger partial charge < -0.3 is 4.74 Å². The Bertz CT molecular complexity index is 746. The quantitative estimate of drug-likeness (QED) is 0.268. The van der Waals surface area contributed by atoms with E-state index in [1.54, 1.807) is 12.1 Å². The first kappa shape index (κ1) is 18.5. The van der Waals surface area contributed by atoms with E-state index in [-0.39, 0.29) is 0 Å². The van der Waals surface area contributed by atoms with Crippen molar-refractivity contribution in [3.63, 3.8) is 0 Å². The molecule has 0 bridgehead atoms. The summed E-state index contributed by atoms with van der Waals surface area (Å²) < 4.78 is 6.39. The van der Waals surface area contributed by atoms with Gasteiger partial charge in [0.05, 0.1) is 17.2 Å². The van der Waals surface area contributed by atoms with Gasteiger partial charge in [0.25, 0.3) is 0 Å². The van der Waals surface area contributed by atoms with Gasteiger partial charge in [-0.3, -0.25) is 4.79 Å². The molecule has 0 aliphatic heterocycles. The Morgan fingerprint density at radius 2 is 1.83 bits per heavy atom. The molecule has 0 N–H and O–H groups in total. The van der Waals surface area contributed by atoms with E-state index in [0.717, 1.165) is 21.9 Å². The molecule has 2 nitrogen and oxygen atoms in total. The van der Waals surface area contributed by atoms with Crippen molar-refractivity contribution < 1.29 is 9.53 Å². The lowest BCUT2D eigenvalue weighted by Crippen LogP contribution is -2.01. The van der Waals surface area contributed by atoms with Crippen molar-refractivity contribution in [2.45, 2.75) is 0 Å². The van der Waals surface area contributed by atoms with Crippen LogP contribution in [0.4, 0.5) is 0 Å². The molecule has 2 aromatic carbocycles. The van der Waals surface area contributed by atoms with E-state index < -0.39 is 0 Å². The normalized spacial score (nSPS) is 11.0. The fraction of sp³-hybridized carbons (Fsp3) is 0.118. The van der Waals surface area contributed by atoms with Crippen LogP contribution in [-0.2, 0) is 0 Å². The molecule has 0 radical (unpaired) electrons. The lowest BCUT2D eigenvalue weighted by atomic mass is 10.1. The topological polar surface area (TPSA) is 26.3 Å². The smallest absolute Gasteiger partial charge is 0.153 e. The van der Waals surface area contributed by atoms with Gasteiger partial charge in [-0.05, 0) is 45.3 Å². The highest BCUT2D eigenvalue weighted by Gasteiger charge is 2.08. The zero-order valence-electron chi connectivity index (χ0n) is 11.9. The first-order valence-electron chi connectivity index (χ1n) is 6.66. The van der Waals surface area contributed by atoms with Crippen molar-refractivity contribution in [1.82, 2.24) is 0 Å². The first-order chi connectivity index (χ1) is 11.1. The second-order valence-electron chi connectivity index (χ2n) is 4.54. The predicted octanol–water partition coefficient (Wildman–Crippen LogP) is 6.51. The third-order valence-corrected chi connectivity index (χ3v) is 4.98. The van der Waals surface area contributed by atoms with Crippen LogP contribution >= 0.6 is 55.1 Å². The lowest BCUT2D eigenvalue weighted by Gasteiger charge is -2.09. The molecule has 0 aliphatic rings. The number of hydrogen-bond acceptors (Lipinski definition) is 2. The molecule has 2 rings (SSSR count). The van der Waals surface area contributed by atoms with Crippen molar-refractivity contribution in [3.8, 4) is 5.75 Å². The van der Waals surface area contributed by atoms with E-state index in [9.17, 15) is 4.79 Å². The second-order valence-corrected chi connectivity index (χ2v) is 6.98. The van der Waals surface area contributed by atoms with Crippen molar-refractivity contribution in [3.05, 3.63) is 61.5 Å². The highest BCUT2D eigenvalue weighted by molar-refractivity contribution is 9.10. The summed E-state index contributed by atoms with van der Waals surface area (Å²) >= 11 is 19.2. The third-order valence-electron chi connectivity index (χ3n) is 3.01. The molecule has 0 heterocycles. The minimum atomic E-state index is 0.425. The molecule has 2 aromatic rings. The number of hydrogen-bond donors (Lipinski definition) is 0. The highest BCUT2D eigenvalue weighted by Crippen LogP contribution is 2.30. The first-order valence-corrected chi connectivity index (χ1v) is 9.33. The summed E-state index contributed by atoms with van der Waals surface area (Å²) in [5.74, 6) is 0.504. The van der Waals surface area contributed by atoms with Gasteiger partial charge >= 0.3 is 0 Å². The summed E-state index contributed by atoms with van der Waals surface area (Å²) in [5.41, 5.74) is 2.03. The van der Waals surface area contributed by atoms with E-state index in [1.165, 1.54) is 0 Å². The predicted molar refractivity (Wildman–Crippen MR) is 104 cm³/mol. The molecule has 0 aliphatic carbocycles. The van der Waals surface area contributed by atoms with Gasteiger partial charge in [-0.25, -0.2) is 0 Å². The molecule has 0 aromatic heterocycles. The van der Waals surface area contributed by atoms with E-state index in [4.69, 9.17) is 27.9 Å². The Hall–Kier alpha value is -0.810. The van der Waals surface area contributed by atoms with Gasteiger partial charge in [0.15, 0.2) is 6.29 Å². The number of benzene rings is 2. The number of carbonyl (C=O) groups excluding carboxylic acids is 1. The molecule has 0 amide bonds. The fourth-order valence-electron chi connectivity index (χ4n) is 1.91. The highest BCUT2D eigenvalue weighted by atomic mass is 79.9. The molecule has 0 atom stereocenters. The zero-order valence-corrected chi connectivity index (χ0v) is 16.5. The van der Waals surface area contributed by atoms with Crippen LogP contribution in [0.3, 0.4) is 0 Å². The van der Waals surface area contributed by atoms with E-state index in [2.05, 4.69) is 31.9 Å². The molecule has 120 valence electrons. The van der Waals surface area contributed by atoms with Crippen LogP contribution in [-0.4, -0.2) is 18.2 Å². The van der Waals surface area contributed by atoms with E-state index in [0.29, 0.717) is 33.3 Å². The second kappa shape index (κ2) is 8.88. The monoisotopic (exact) mass is 476 g/mol. The Labute approximate surface area is 161 Å². The summed E-state index contributed by atoms with van der Waals surface area (Å²) in [6.45, 7) is 0.461. The van der Waals surface area contributed by atoms with Gasteiger partial charge in [0.1, 0.15) is 5.75 Å². The Morgan fingerprint density at radius 3 is 2.52 bits per heavy atom. The van der Waals surface area contributed by atoms with Crippen molar-refractivity contribution in [1.29, 1.82) is 0 Å². The number of rotatable bonds is 6. The maximum Gasteiger partial charge on any atom is 0.153 e. The average molecular weight is 479 g/mol. The lowest BCUT2D eigenvalue weighted by molar-refractivity contribution is 0.112. The number of carbonyl (C=O) groups is 1. The van der Waals surface area contributed by atoms with Crippen molar-refractivity contribution in [2.75, 3.05) is 11.9 Å². The maximum atomic E-state index is 11.1. The number of halogens is 4. The minimum absolute atomic E-state index is 0.425. The van der Waals surface area contributed by atoms with Crippen molar-refractivity contribution in [2.24, 2.45) is 0 Å². The van der Waals surface area contributed by atoms with Crippen molar-refractivity contribution >= 4 is 73.5 Å². The van der Waals surface area contributed by atoms with Crippen LogP contribution in [0.1, 0.15) is 21.5 Å². The summed E-state index contributed by atoms with van der Waals surface area (Å²) in [4.78, 5) is 11.1. The summed E-state index contributed by atoms with van der Waals surface area (Å²) in [6.07, 6.45) is 4.43. The average Bonchev–Trinajstić information content (AvgIpc) is 2.55. The van der Waals surface area contributed by atoms with E-state index >= 15 is 0 Å². The number of aldehydes is 1. The standard InChI is InChI=1S/C17H12Br2Cl2O2/c18-6-7-23-16-9-12(15(20)8-13(16)10-22)5-4-11-2-1-3-14(19)17(11)21/h1-5,8-10H,6-7H2/b5-4+. The Balaban J connectivity index is 2.37. The maximum absolute atomic E-state index is 11.1.